The maximum atomic E-state index is 10.9. The zero-order chi connectivity index (χ0) is 10.9. The van der Waals surface area contributed by atoms with E-state index in [9.17, 15) is 9.36 Å². The van der Waals surface area contributed by atoms with E-state index in [1.54, 1.807) is 0 Å². The minimum atomic E-state index is -4.45. The van der Waals surface area contributed by atoms with Crippen LogP contribution in [-0.4, -0.2) is 21.1 Å². The Morgan fingerprint density at radius 3 is 2.08 bits per heavy atom. The number of ether oxygens (including phenoxy) is 1. The zero-order valence-corrected chi connectivity index (χ0v) is 8.67. The second-order valence-electron chi connectivity index (χ2n) is 3.16. The van der Waals surface area contributed by atoms with Crippen LogP contribution >= 0.6 is 7.60 Å². The van der Waals surface area contributed by atoms with Crippen LogP contribution in [0.25, 0.3) is 0 Å². The summed E-state index contributed by atoms with van der Waals surface area (Å²) < 4.78 is 15.4. The third-order valence-electron chi connectivity index (χ3n) is 1.39. The van der Waals surface area contributed by atoms with E-state index in [0.717, 1.165) is 13.8 Å². The summed E-state index contributed by atoms with van der Waals surface area (Å²) in [7, 11) is -4.45. The van der Waals surface area contributed by atoms with Crippen molar-refractivity contribution in [1.29, 1.82) is 0 Å². The predicted molar refractivity (Wildman–Crippen MR) is 47.0 cm³/mol. The molecule has 0 spiro atoms. The fraction of sp³-hybridized carbons (Fsp3) is 0.571. The molecule has 0 aromatic rings. The summed E-state index contributed by atoms with van der Waals surface area (Å²) in [6.45, 7) is 6.99. The first-order chi connectivity index (χ1) is 5.58. The minimum absolute atomic E-state index is 0.0986. The predicted octanol–water partition coefficient (Wildman–Crippen LogP) is 1.02. The van der Waals surface area contributed by atoms with E-state index in [-0.39, 0.29) is 5.57 Å². The summed E-state index contributed by atoms with van der Waals surface area (Å²) in [5.41, 5.74) is 0.0986. The first-order valence-corrected chi connectivity index (χ1v) is 5.13. The Morgan fingerprint density at radius 2 is 1.85 bits per heavy atom. The monoisotopic (exact) mass is 208 g/mol. The van der Waals surface area contributed by atoms with Gasteiger partial charge in [0, 0.05) is 5.57 Å². The highest BCUT2D eigenvalue weighted by Crippen LogP contribution is 2.50. The molecule has 0 aliphatic rings. The topological polar surface area (TPSA) is 83.8 Å². The summed E-state index contributed by atoms with van der Waals surface area (Å²) in [6.07, 6.45) is 0. The molecule has 2 N–H and O–H groups in total. The first-order valence-electron chi connectivity index (χ1n) is 3.52. The molecule has 0 amide bonds. The van der Waals surface area contributed by atoms with Crippen LogP contribution in [0.2, 0.25) is 0 Å². The van der Waals surface area contributed by atoms with Gasteiger partial charge < -0.3 is 14.5 Å². The van der Waals surface area contributed by atoms with Gasteiger partial charge in [-0.2, -0.15) is 0 Å². The van der Waals surface area contributed by atoms with Crippen LogP contribution in [-0.2, 0) is 14.1 Å². The quantitative estimate of drug-likeness (QED) is 0.411. The van der Waals surface area contributed by atoms with Crippen LogP contribution in [0.1, 0.15) is 20.8 Å². The summed E-state index contributed by atoms with van der Waals surface area (Å²) in [6, 6.07) is 0. The van der Waals surface area contributed by atoms with Gasteiger partial charge in [-0.1, -0.05) is 6.58 Å². The van der Waals surface area contributed by atoms with Crippen molar-refractivity contribution in [1.82, 2.24) is 0 Å². The molecule has 0 aromatic heterocycles. The van der Waals surface area contributed by atoms with Crippen molar-refractivity contribution in [3.63, 3.8) is 0 Å². The Balaban J connectivity index is 4.63. The Bertz CT molecular complexity index is 275. The highest BCUT2D eigenvalue weighted by atomic mass is 31.2. The van der Waals surface area contributed by atoms with Gasteiger partial charge in [-0.3, -0.25) is 4.57 Å². The van der Waals surface area contributed by atoms with Gasteiger partial charge in [-0.25, -0.2) is 4.79 Å². The van der Waals surface area contributed by atoms with Gasteiger partial charge in [0.1, 0.15) is 0 Å². The molecule has 0 bridgehead atoms. The van der Waals surface area contributed by atoms with Gasteiger partial charge in [0.05, 0.1) is 0 Å². The fourth-order valence-corrected chi connectivity index (χ4v) is 0.575. The Hall–Kier alpha value is -0.640. The van der Waals surface area contributed by atoms with Crippen LogP contribution in [0, 0.1) is 0 Å². The van der Waals surface area contributed by atoms with Gasteiger partial charge in [0.2, 0.25) is 5.34 Å². The Morgan fingerprint density at radius 1 is 1.46 bits per heavy atom. The van der Waals surface area contributed by atoms with E-state index in [2.05, 4.69) is 11.3 Å². The summed E-state index contributed by atoms with van der Waals surface area (Å²) in [5, 5.41) is -1.80. The molecule has 0 saturated carbocycles. The number of esters is 1. The molecule has 0 heterocycles. The molecule has 0 aliphatic heterocycles. The summed E-state index contributed by atoms with van der Waals surface area (Å²) in [4.78, 5) is 28.5. The van der Waals surface area contributed by atoms with Crippen molar-refractivity contribution >= 4 is 13.6 Å². The highest BCUT2D eigenvalue weighted by Gasteiger charge is 2.41. The molecule has 0 atom stereocenters. The van der Waals surface area contributed by atoms with Crippen molar-refractivity contribution < 1.29 is 23.9 Å². The van der Waals surface area contributed by atoms with E-state index in [4.69, 9.17) is 9.79 Å². The molecular formula is C7H13O5P. The smallest absolute Gasteiger partial charge is 0.368 e. The van der Waals surface area contributed by atoms with Gasteiger partial charge in [0.25, 0.3) is 0 Å². The van der Waals surface area contributed by atoms with Gasteiger partial charge in [-0.15, -0.1) is 0 Å². The van der Waals surface area contributed by atoms with Crippen molar-refractivity contribution in [2.75, 3.05) is 0 Å². The normalized spacial score (nSPS) is 12.4. The number of hydrogen-bond acceptors (Lipinski definition) is 3. The molecule has 0 fully saturated rings. The van der Waals surface area contributed by atoms with Crippen LogP contribution in [0.15, 0.2) is 12.2 Å². The van der Waals surface area contributed by atoms with E-state index in [1.807, 2.05) is 0 Å². The zero-order valence-electron chi connectivity index (χ0n) is 7.77. The average Bonchev–Trinajstić information content (AvgIpc) is 1.83. The summed E-state index contributed by atoms with van der Waals surface area (Å²) >= 11 is 0. The lowest BCUT2D eigenvalue weighted by molar-refractivity contribution is -0.146. The van der Waals surface area contributed by atoms with Crippen molar-refractivity contribution in [3.05, 3.63) is 12.2 Å². The second-order valence-corrected chi connectivity index (χ2v) is 5.33. The number of carbonyl (C=O) groups excluding carboxylic acids is 1. The molecule has 5 nitrogen and oxygen atoms in total. The lowest BCUT2D eigenvalue weighted by Gasteiger charge is -2.25. The van der Waals surface area contributed by atoms with Gasteiger partial charge >= 0.3 is 13.6 Å². The van der Waals surface area contributed by atoms with Gasteiger partial charge in [0.15, 0.2) is 0 Å². The molecule has 0 saturated heterocycles. The van der Waals surface area contributed by atoms with Crippen LogP contribution < -0.4 is 0 Å². The molecule has 0 radical (unpaired) electrons. The second kappa shape index (κ2) is 3.62. The fourth-order valence-electron chi connectivity index (χ4n) is 0.373. The minimum Gasteiger partial charge on any atom is -0.443 e. The molecule has 13 heavy (non-hydrogen) atoms. The molecule has 6 heteroatoms. The van der Waals surface area contributed by atoms with Gasteiger partial charge in [-0.05, 0) is 20.8 Å². The number of carbonyl (C=O) groups is 1. The van der Waals surface area contributed by atoms with Crippen LogP contribution in [0.5, 0.6) is 0 Å². The molecule has 0 unspecified atom stereocenters. The third-order valence-corrected chi connectivity index (χ3v) is 2.89. The van der Waals surface area contributed by atoms with Crippen LogP contribution in [0.4, 0.5) is 0 Å². The third kappa shape index (κ3) is 3.30. The largest absolute Gasteiger partial charge is 0.443 e. The SMILES string of the molecule is C=C(C)C(=O)OC(C)(C)P(=O)(O)O. The summed E-state index contributed by atoms with van der Waals surface area (Å²) in [5.74, 6) is -0.812. The number of rotatable bonds is 3. The lowest BCUT2D eigenvalue weighted by atomic mass is 10.3. The van der Waals surface area contributed by atoms with Crippen molar-refractivity contribution in [3.8, 4) is 0 Å². The number of hydrogen-bond donors (Lipinski definition) is 2. The first kappa shape index (κ1) is 12.4. The molecule has 76 valence electrons. The van der Waals surface area contributed by atoms with E-state index in [1.165, 1.54) is 6.92 Å². The molecule has 0 aromatic carbocycles. The molecule has 0 rings (SSSR count). The highest BCUT2D eigenvalue weighted by molar-refractivity contribution is 7.53. The molecule has 0 aliphatic carbocycles. The lowest BCUT2D eigenvalue weighted by Crippen LogP contribution is -2.28. The maximum Gasteiger partial charge on any atom is 0.368 e. The Kier molecular flexibility index (Phi) is 3.44. The van der Waals surface area contributed by atoms with Crippen molar-refractivity contribution in [2.24, 2.45) is 0 Å². The van der Waals surface area contributed by atoms with E-state index in [0.29, 0.717) is 0 Å². The van der Waals surface area contributed by atoms with E-state index >= 15 is 0 Å². The molecular weight excluding hydrogens is 195 g/mol. The maximum absolute atomic E-state index is 10.9. The Labute approximate surface area is 76.6 Å². The standard InChI is InChI=1S/C7H13O5P/c1-5(2)6(8)12-7(3,4)13(9,10)11/h1H2,2-4H3,(H2,9,10,11). The van der Waals surface area contributed by atoms with Crippen LogP contribution in [0.3, 0.4) is 0 Å². The van der Waals surface area contributed by atoms with E-state index < -0.39 is 18.9 Å². The average molecular weight is 208 g/mol. The van der Waals surface area contributed by atoms with Crippen molar-refractivity contribution in [2.45, 2.75) is 26.1 Å².